The third-order valence-corrected chi connectivity index (χ3v) is 7.72. The van der Waals surface area contributed by atoms with Crippen LogP contribution < -0.4 is 5.32 Å². The summed E-state index contributed by atoms with van der Waals surface area (Å²) in [5.74, 6) is -1.94. The van der Waals surface area contributed by atoms with Crippen molar-refractivity contribution in [2.45, 2.75) is 44.8 Å². The lowest BCUT2D eigenvalue weighted by Gasteiger charge is -2.20. The molecule has 0 bridgehead atoms. The Morgan fingerprint density at radius 2 is 1.54 bits per heavy atom. The first-order valence-electron chi connectivity index (χ1n) is 14.7. The maximum Gasteiger partial charge on any atom is 0.419 e. The molecule has 0 unspecified atom stereocenters. The van der Waals surface area contributed by atoms with Gasteiger partial charge in [-0.3, -0.25) is 4.57 Å². The number of rotatable bonds is 7. The highest BCUT2D eigenvalue weighted by Gasteiger charge is 2.31. The van der Waals surface area contributed by atoms with Crippen molar-refractivity contribution >= 4 is 29.1 Å². The average Bonchev–Trinajstić information content (AvgIpc) is 3.55. The first-order chi connectivity index (χ1) is 22.0. The largest absolute Gasteiger partial charge is 0.480 e. The molecule has 1 aliphatic carbocycles. The number of halogens is 1. The highest BCUT2D eigenvalue weighted by atomic mass is 19.1. The summed E-state index contributed by atoms with van der Waals surface area (Å²) in [6, 6.07) is 19.5. The van der Waals surface area contributed by atoms with Crippen LogP contribution in [0.2, 0.25) is 0 Å². The molecule has 6 rings (SSSR count). The molecule has 0 radical (unpaired) electrons. The van der Waals surface area contributed by atoms with Gasteiger partial charge in [0.2, 0.25) is 0 Å². The number of carboxylic acids is 1. The van der Waals surface area contributed by atoms with Gasteiger partial charge in [-0.15, -0.1) is 0 Å². The Morgan fingerprint density at radius 1 is 0.935 bits per heavy atom. The Bertz CT molecular complexity index is 1920. The molecule has 2 N–H and O–H groups in total. The molecule has 0 aliphatic heterocycles. The lowest BCUT2D eigenvalue weighted by atomic mass is 9.98. The Morgan fingerprint density at radius 3 is 2.15 bits per heavy atom. The van der Waals surface area contributed by atoms with E-state index in [0.29, 0.717) is 22.0 Å². The topological polar surface area (TPSA) is 133 Å². The lowest BCUT2D eigenvalue weighted by molar-refractivity contribution is -0.139. The van der Waals surface area contributed by atoms with Crippen LogP contribution >= 0.6 is 0 Å². The summed E-state index contributed by atoms with van der Waals surface area (Å²) in [6.07, 6.45) is 1.73. The summed E-state index contributed by atoms with van der Waals surface area (Å²) in [7, 11) is 0. The van der Waals surface area contributed by atoms with E-state index in [4.69, 9.17) is 9.47 Å². The first-order valence-corrected chi connectivity index (χ1v) is 14.7. The highest BCUT2D eigenvalue weighted by molar-refractivity contribution is 6.00. The van der Waals surface area contributed by atoms with E-state index in [9.17, 15) is 23.9 Å². The standard InChI is InChI=1S/C35H31FN4O6/c1-35(2,3)46-34(44)40-18-20(22-13-8-14-27(30(22)40)31-37-16-21(36)17-38-31)15-29(32(41)42)39-33(43)45-19-28-25-11-6-4-9-23(25)24-10-5-7-12-26(24)28/h4-14,16-18,28-29H,15,19H2,1-3H3,(H,39,43)(H,41,42)/t29-/m0/s1. The molecule has 10 nitrogen and oxygen atoms in total. The minimum atomic E-state index is -1.39. The molecule has 0 saturated heterocycles. The maximum absolute atomic E-state index is 13.6. The molecule has 46 heavy (non-hydrogen) atoms. The number of amides is 1. The van der Waals surface area contributed by atoms with Gasteiger partial charge in [-0.1, -0.05) is 60.7 Å². The van der Waals surface area contributed by atoms with Gasteiger partial charge in [-0.25, -0.2) is 28.7 Å². The summed E-state index contributed by atoms with van der Waals surface area (Å²) in [5, 5.41) is 13.1. The van der Waals surface area contributed by atoms with Crippen LogP contribution in [-0.4, -0.2) is 56.0 Å². The molecule has 2 aromatic heterocycles. The molecular formula is C35H31FN4O6. The van der Waals surface area contributed by atoms with Crippen molar-refractivity contribution in [1.29, 1.82) is 0 Å². The molecule has 1 aliphatic rings. The number of alkyl carbamates (subject to hydrolysis) is 1. The Hall–Kier alpha value is -5.58. The predicted octanol–water partition coefficient (Wildman–Crippen LogP) is 6.56. The van der Waals surface area contributed by atoms with E-state index in [-0.39, 0.29) is 24.8 Å². The summed E-state index contributed by atoms with van der Waals surface area (Å²) in [4.78, 5) is 46.9. The van der Waals surface area contributed by atoms with Crippen LogP contribution in [0.3, 0.4) is 0 Å². The van der Waals surface area contributed by atoms with Crippen molar-refractivity contribution in [3.63, 3.8) is 0 Å². The molecule has 1 amide bonds. The van der Waals surface area contributed by atoms with Crippen molar-refractivity contribution in [3.05, 3.63) is 108 Å². The minimum Gasteiger partial charge on any atom is -0.480 e. The highest BCUT2D eigenvalue weighted by Crippen LogP contribution is 2.44. The number of carboxylic acid groups (broad SMARTS) is 1. The molecule has 3 aromatic carbocycles. The van der Waals surface area contributed by atoms with Crippen LogP contribution in [0, 0.1) is 5.82 Å². The smallest absolute Gasteiger partial charge is 0.419 e. The van der Waals surface area contributed by atoms with E-state index >= 15 is 0 Å². The fourth-order valence-corrected chi connectivity index (χ4v) is 5.80. The summed E-state index contributed by atoms with van der Waals surface area (Å²) >= 11 is 0. The fraction of sp³-hybridized carbons (Fsp3) is 0.229. The number of para-hydroxylation sites is 1. The summed E-state index contributed by atoms with van der Waals surface area (Å²) in [5.41, 5.74) is 4.57. The van der Waals surface area contributed by atoms with E-state index in [1.165, 1.54) is 10.8 Å². The van der Waals surface area contributed by atoms with Crippen LogP contribution in [0.15, 0.2) is 85.3 Å². The van der Waals surface area contributed by atoms with Crippen molar-refractivity contribution in [3.8, 4) is 22.5 Å². The lowest BCUT2D eigenvalue weighted by Crippen LogP contribution is -2.42. The first kappa shape index (κ1) is 30.4. The van der Waals surface area contributed by atoms with Crippen LogP contribution in [-0.2, 0) is 20.7 Å². The Kier molecular flexibility index (Phi) is 7.99. The predicted molar refractivity (Wildman–Crippen MR) is 168 cm³/mol. The zero-order valence-corrected chi connectivity index (χ0v) is 25.4. The zero-order valence-electron chi connectivity index (χ0n) is 25.4. The number of nitrogens with zero attached hydrogens (tertiary/aromatic N) is 3. The Labute approximate surface area is 263 Å². The van der Waals surface area contributed by atoms with Crippen molar-refractivity contribution in [2.24, 2.45) is 0 Å². The molecule has 234 valence electrons. The zero-order chi connectivity index (χ0) is 32.6. The van der Waals surface area contributed by atoms with Gasteiger partial charge in [0.1, 0.15) is 18.2 Å². The molecule has 11 heteroatoms. The minimum absolute atomic E-state index is 0.0190. The van der Waals surface area contributed by atoms with E-state index in [1.54, 1.807) is 39.0 Å². The Balaban J connectivity index is 1.27. The number of hydrogen-bond donors (Lipinski definition) is 2. The molecule has 0 saturated carbocycles. The van der Waals surface area contributed by atoms with Gasteiger partial charge in [0.25, 0.3) is 0 Å². The number of nitrogens with one attached hydrogen (secondary N) is 1. The molecular weight excluding hydrogens is 591 g/mol. The van der Waals surface area contributed by atoms with Crippen LogP contribution in [0.5, 0.6) is 0 Å². The van der Waals surface area contributed by atoms with E-state index in [2.05, 4.69) is 15.3 Å². The van der Waals surface area contributed by atoms with Gasteiger partial charge in [-0.2, -0.15) is 0 Å². The third kappa shape index (κ3) is 6.03. The number of aliphatic carboxylic acids is 1. The summed E-state index contributed by atoms with van der Waals surface area (Å²) < 4.78 is 26.1. The van der Waals surface area contributed by atoms with Gasteiger partial charge in [-0.05, 0) is 54.7 Å². The number of carbonyl (C=O) groups excluding carboxylic acids is 2. The maximum atomic E-state index is 13.6. The molecule has 5 aromatic rings. The van der Waals surface area contributed by atoms with Gasteiger partial charge in [0.05, 0.1) is 17.9 Å². The monoisotopic (exact) mass is 622 g/mol. The van der Waals surface area contributed by atoms with Crippen molar-refractivity contribution < 1.29 is 33.4 Å². The second-order valence-electron chi connectivity index (χ2n) is 12.0. The van der Waals surface area contributed by atoms with E-state index in [0.717, 1.165) is 34.6 Å². The van der Waals surface area contributed by atoms with E-state index in [1.807, 2.05) is 48.5 Å². The third-order valence-electron chi connectivity index (χ3n) is 7.72. The number of fused-ring (bicyclic) bond motifs is 4. The van der Waals surface area contributed by atoms with Crippen molar-refractivity contribution in [1.82, 2.24) is 19.9 Å². The number of carbonyl (C=O) groups is 3. The quantitative estimate of drug-likeness (QED) is 0.209. The number of ether oxygens (including phenoxy) is 2. The van der Waals surface area contributed by atoms with Crippen molar-refractivity contribution in [2.75, 3.05) is 6.61 Å². The molecule has 2 heterocycles. The number of hydrogen-bond acceptors (Lipinski definition) is 7. The second-order valence-corrected chi connectivity index (χ2v) is 12.0. The van der Waals surface area contributed by atoms with Gasteiger partial charge < -0.3 is 19.9 Å². The van der Waals surface area contributed by atoms with Gasteiger partial charge >= 0.3 is 18.2 Å². The normalized spacial score (nSPS) is 13.1. The SMILES string of the molecule is CC(C)(C)OC(=O)n1cc(C[C@H](NC(=O)OCC2c3ccccc3-c3ccccc32)C(=O)O)c2cccc(-c3ncc(F)cn3)c21. The average molecular weight is 623 g/mol. The molecule has 1 atom stereocenters. The van der Waals surface area contributed by atoms with E-state index < -0.39 is 35.6 Å². The van der Waals surface area contributed by atoms with Gasteiger partial charge in [0, 0.05) is 29.5 Å². The van der Waals surface area contributed by atoms with Crippen LogP contribution in [0.1, 0.15) is 43.4 Å². The second kappa shape index (κ2) is 12.1. The molecule has 0 fully saturated rings. The van der Waals surface area contributed by atoms with Crippen LogP contribution in [0.4, 0.5) is 14.0 Å². The fourth-order valence-electron chi connectivity index (χ4n) is 5.80. The summed E-state index contributed by atoms with van der Waals surface area (Å²) in [6.45, 7) is 5.19. The number of aromatic nitrogens is 3. The van der Waals surface area contributed by atoms with Gasteiger partial charge in [0.15, 0.2) is 11.6 Å². The molecule has 0 spiro atoms. The number of benzene rings is 3. The van der Waals surface area contributed by atoms with Crippen LogP contribution in [0.25, 0.3) is 33.4 Å².